The second-order valence-corrected chi connectivity index (χ2v) is 5.33. The SMILES string of the molecule is COc1ccc(CC(C)O)cc1OC1CCN(C)C1. The molecule has 0 spiro atoms. The molecule has 4 heteroatoms. The van der Waals surface area contributed by atoms with Gasteiger partial charge in [-0.15, -0.1) is 0 Å². The highest BCUT2D eigenvalue weighted by Crippen LogP contribution is 2.30. The maximum Gasteiger partial charge on any atom is 0.161 e. The molecule has 1 heterocycles. The van der Waals surface area contributed by atoms with Crippen molar-refractivity contribution >= 4 is 0 Å². The van der Waals surface area contributed by atoms with E-state index < -0.39 is 0 Å². The van der Waals surface area contributed by atoms with E-state index >= 15 is 0 Å². The molecule has 0 amide bonds. The number of aliphatic hydroxyl groups is 1. The van der Waals surface area contributed by atoms with Crippen LogP contribution in [0.25, 0.3) is 0 Å². The minimum Gasteiger partial charge on any atom is -0.493 e. The third-order valence-electron chi connectivity index (χ3n) is 3.40. The van der Waals surface area contributed by atoms with Crippen molar-refractivity contribution in [1.82, 2.24) is 4.90 Å². The van der Waals surface area contributed by atoms with Gasteiger partial charge in [0.25, 0.3) is 0 Å². The number of hydrogen-bond acceptors (Lipinski definition) is 4. The fourth-order valence-corrected chi connectivity index (χ4v) is 2.45. The van der Waals surface area contributed by atoms with Gasteiger partial charge in [-0.05, 0) is 44.5 Å². The van der Waals surface area contributed by atoms with Crippen LogP contribution in [0, 0.1) is 0 Å². The fraction of sp³-hybridized carbons (Fsp3) is 0.600. The molecule has 0 bridgehead atoms. The second-order valence-electron chi connectivity index (χ2n) is 5.33. The van der Waals surface area contributed by atoms with Crippen LogP contribution in [0.3, 0.4) is 0 Å². The van der Waals surface area contributed by atoms with Crippen molar-refractivity contribution < 1.29 is 14.6 Å². The predicted molar refractivity (Wildman–Crippen MR) is 74.9 cm³/mol. The van der Waals surface area contributed by atoms with Gasteiger partial charge in [0.05, 0.1) is 13.2 Å². The Bertz CT molecular complexity index is 420. The van der Waals surface area contributed by atoms with Gasteiger partial charge in [-0.3, -0.25) is 0 Å². The Balaban J connectivity index is 2.11. The van der Waals surface area contributed by atoms with Gasteiger partial charge in [-0.2, -0.15) is 0 Å². The Morgan fingerprint density at radius 1 is 1.42 bits per heavy atom. The zero-order chi connectivity index (χ0) is 13.8. The number of aliphatic hydroxyl groups excluding tert-OH is 1. The minimum atomic E-state index is -0.348. The molecule has 19 heavy (non-hydrogen) atoms. The molecule has 1 aromatic rings. The second kappa shape index (κ2) is 6.26. The smallest absolute Gasteiger partial charge is 0.161 e. The lowest BCUT2D eigenvalue weighted by atomic mass is 10.1. The van der Waals surface area contributed by atoms with Gasteiger partial charge in [0.2, 0.25) is 0 Å². The van der Waals surface area contributed by atoms with Crippen molar-refractivity contribution in [3.05, 3.63) is 23.8 Å². The standard InChI is InChI=1S/C15H23NO3/c1-11(17)8-12-4-5-14(18-3)15(9-12)19-13-6-7-16(2)10-13/h4-5,9,11,13,17H,6-8,10H2,1-3H3. The number of nitrogens with zero attached hydrogens (tertiary/aromatic N) is 1. The lowest BCUT2D eigenvalue weighted by Gasteiger charge is -2.17. The van der Waals surface area contributed by atoms with Crippen molar-refractivity contribution in [3.8, 4) is 11.5 Å². The van der Waals surface area contributed by atoms with E-state index in [1.54, 1.807) is 14.0 Å². The largest absolute Gasteiger partial charge is 0.493 e. The molecule has 0 aromatic heterocycles. The molecule has 0 radical (unpaired) electrons. The summed E-state index contributed by atoms with van der Waals surface area (Å²) in [6, 6.07) is 5.86. The average Bonchev–Trinajstić information content (AvgIpc) is 2.74. The highest BCUT2D eigenvalue weighted by atomic mass is 16.5. The van der Waals surface area contributed by atoms with Crippen LogP contribution in [-0.2, 0) is 6.42 Å². The highest BCUT2D eigenvalue weighted by Gasteiger charge is 2.22. The van der Waals surface area contributed by atoms with Crippen molar-refractivity contribution in [2.45, 2.75) is 32.0 Å². The summed E-state index contributed by atoms with van der Waals surface area (Å²) < 4.78 is 11.4. The molecule has 106 valence electrons. The van der Waals surface area contributed by atoms with Crippen LogP contribution in [0.15, 0.2) is 18.2 Å². The normalized spacial score (nSPS) is 21.4. The maximum absolute atomic E-state index is 9.46. The van der Waals surface area contributed by atoms with Crippen LogP contribution in [0.2, 0.25) is 0 Å². The lowest BCUT2D eigenvalue weighted by Crippen LogP contribution is -2.21. The molecule has 1 fully saturated rings. The molecule has 2 atom stereocenters. The van der Waals surface area contributed by atoms with Gasteiger partial charge in [0.1, 0.15) is 6.10 Å². The van der Waals surface area contributed by atoms with Crippen LogP contribution in [-0.4, -0.2) is 49.5 Å². The summed E-state index contributed by atoms with van der Waals surface area (Å²) in [4.78, 5) is 2.26. The van der Waals surface area contributed by atoms with Crippen molar-refractivity contribution in [2.24, 2.45) is 0 Å². The molecule has 2 rings (SSSR count). The summed E-state index contributed by atoms with van der Waals surface area (Å²) in [5.41, 5.74) is 1.07. The van der Waals surface area contributed by atoms with E-state index in [0.717, 1.165) is 36.6 Å². The molecular formula is C15H23NO3. The molecule has 0 aliphatic carbocycles. The maximum atomic E-state index is 9.46. The summed E-state index contributed by atoms with van der Waals surface area (Å²) in [6.45, 7) is 3.81. The fourth-order valence-electron chi connectivity index (χ4n) is 2.45. The zero-order valence-electron chi connectivity index (χ0n) is 11.9. The van der Waals surface area contributed by atoms with Gasteiger partial charge in [-0.1, -0.05) is 6.07 Å². The number of rotatable bonds is 5. The topological polar surface area (TPSA) is 41.9 Å². The van der Waals surface area contributed by atoms with Gasteiger partial charge >= 0.3 is 0 Å². The Hall–Kier alpha value is -1.26. The Morgan fingerprint density at radius 3 is 2.79 bits per heavy atom. The number of likely N-dealkylation sites (tertiary alicyclic amines) is 1. The van der Waals surface area contributed by atoms with E-state index in [9.17, 15) is 5.11 Å². The van der Waals surface area contributed by atoms with E-state index in [2.05, 4.69) is 11.9 Å². The summed E-state index contributed by atoms with van der Waals surface area (Å²) in [7, 11) is 3.75. The number of benzene rings is 1. The number of methoxy groups -OCH3 is 1. The summed E-state index contributed by atoms with van der Waals surface area (Å²) >= 11 is 0. The molecule has 1 aromatic carbocycles. The molecule has 1 aliphatic rings. The highest BCUT2D eigenvalue weighted by molar-refractivity contribution is 5.43. The Morgan fingerprint density at radius 2 is 2.21 bits per heavy atom. The van der Waals surface area contributed by atoms with Crippen LogP contribution < -0.4 is 9.47 Å². The summed E-state index contributed by atoms with van der Waals surface area (Å²) in [5.74, 6) is 1.53. The van der Waals surface area contributed by atoms with Gasteiger partial charge < -0.3 is 19.5 Å². The third kappa shape index (κ3) is 3.85. The summed E-state index contributed by atoms with van der Waals surface area (Å²) in [5, 5.41) is 9.46. The first-order valence-corrected chi connectivity index (χ1v) is 6.78. The van der Waals surface area contributed by atoms with Crippen molar-refractivity contribution in [2.75, 3.05) is 27.2 Å². The first-order valence-electron chi connectivity index (χ1n) is 6.78. The molecule has 2 unspecified atom stereocenters. The third-order valence-corrected chi connectivity index (χ3v) is 3.40. The molecular weight excluding hydrogens is 242 g/mol. The van der Waals surface area contributed by atoms with E-state index in [1.807, 2.05) is 18.2 Å². The number of hydrogen-bond donors (Lipinski definition) is 1. The number of likely N-dealkylation sites (N-methyl/N-ethyl adjacent to an activating group) is 1. The first kappa shape index (κ1) is 14.2. The average molecular weight is 265 g/mol. The molecule has 1 aliphatic heterocycles. The predicted octanol–water partition coefficient (Wildman–Crippen LogP) is 1.70. The van der Waals surface area contributed by atoms with Crippen LogP contribution >= 0.6 is 0 Å². The first-order chi connectivity index (χ1) is 9.08. The van der Waals surface area contributed by atoms with Gasteiger partial charge in [0.15, 0.2) is 11.5 Å². The molecule has 1 N–H and O–H groups in total. The minimum absolute atomic E-state index is 0.223. The number of ether oxygens (including phenoxy) is 2. The lowest BCUT2D eigenvalue weighted by molar-refractivity contribution is 0.192. The van der Waals surface area contributed by atoms with Gasteiger partial charge in [-0.25, -0.2) is 0 Å². The zero-order valence-corrected chi connectivity index (χ0v) is 11.9. The van der Waals surface area contributed by atoms with Crippen LogP contribution in [0.1, 0.15) is 18.9 Å². The van der Waals surface area contributed by atoms with E-state index in [0.29, 0.717) is 6.42 Å². The quantitative estimate of drug-likeness (QED) is 0.880. The van der Waals surface area contributed by atoms with E-state index in [-0.39, 0.29) is 12.2 Å². The monoisotopic (exact) mass is 265 g/mol. The van der Waals surface area contributed by atoms with Crippen molar-refractivity contribution in [1.29, 1.82) is 0 Å². The van der Waals surface area contributed by atoms with Crippen LogP contribution in [0.4, 0.5) is 0 Å². The van der Waals surface area contributed by atoms with E-state index in [4.69, 9.17) is 9.47 Å². The van der Waals surface area contributed by atoms with Gasteiger partial charge in [0, 0.05) is 13.1 Å². The van der Waals surface area contributed by atoms with Crippen LogP contribution in [0.5, 0.6) is 11.5 Å². The molecule has 0 saturated carbocycles. The Kier molecular flexibility index (Phi) is 4.66. The van der Waals surface area contributed by atoms with E-state index in [1.165, 1.54) is 0 Å². The Labute approximate surface area is 114 Å². The molecule has 4 nitrogen and oxygen atoms in total. The molecule has 1 saturated heterocycles. The van der Waals surface area contributed by atoms with Crippen molar-refractivity contribution in [3.63, 3.8) is 0 Å². The summed E-state index contributed by atoms with van der Waals surface area (Å²) in [6.07, 6.45) is 1.55.